The molecule has 2 aromatic heterocycles. The number of carbonyl (C=O) groups is 2. The zero-order valence-corrected chi connectivity index (χ0v) is 15.3. The molecule has 2 aromatic carbocycles. The van der Waals surface area contributed by atoms with Crippen molar-refractivity contribution >= 4 is 44.7 Å². The third kappa shape index (κ3) is 3.90. The van der Waals surface area contributed by atoms with Crippen molar-refractivity contribution in [3.05, 3.63) is 70.0 Å². The fourth-order valence-corrected chi connectivity index (χ4v) is 2.76. The minimum absolute atomic E-state index is 0.0246. The van der Waals surface area contributed by atoms with Crippen molar-refractivity contribution in [1.82, 2.24) is 9.97 Å². The molecular weight excluding hydrogens is 360 g/mol. The lowest BCUT2D eigenvalue weighted by atomic mass is 10.2. The van der Waals surface area contributed by atoms with Gasteiger partial charge in [0, 0.05) is 53.5 Å². The third-order valence-corrected chi connectivity index (χ3v) is 4.22. The lowest BCUT2D eigenvalue weighted by Gasteiger charge is -1.90. The number of nitro benzene ring substituents is 1. The molecular formula is C20H18N4O4. The van der Waals surface area contributed by atoms with Crippen LogP contribution in [0.25, 0.3) is 21.8 Å². The van der Waals surface area contributed by atoms with Crippen molar-refractivity contribution in [2.45, 2.75) is 13.8 Å². The molecule has 0 saturated carbocycles. The number of non-ortho nitro benzene ring substituents is 1. The Kier molecular flexibility index (Phi) is 4.95. The van der Waals surface area contributed by atoms with Gasteiger partial charge in [-0.05, 0) is 36.4 Å². The van der Waals surface area contributed by atoms with E-state index in [0.717, 1.165) is 16.4 Å². The predicted molar refractivity (Wildman–Crippen MR) is 108 cm³/mol. The van der Waals surface area contributed by atoms with Crippen LogP contribution in [-0.2, 0) is 0 Å². The number of nitrogen functional groups attached to an aromatic ring is 1. The van der Waals surface area contributed by atoms with Gasteiger partial charge in [0.15, 0.2) is 11.6 Å². The molecule has 0 bridgehead atoms. The van der Waals surface area contributed by atoms with Gasteiger partial charge in [-0.2, -0.15) is 0 Å². The molecule has 0 radical (unpaired) electrons. The number of anilines is 1. The SMILES string of the molecule is CC(=O)c1cc2cc(N)ccc2[nH]1.CC(=O)c1cc2cc([N+](=O)[O-])ccc2[nH]1. The second kappa shape index (κ2) is 7.36. The highest BCUT2D eigenvalue weighted by molar-refractivity contribution is 5.99. The minimum atomic E-state index is -0.458. The first kappa shape index (κ1) is 18.8. The number of Topliss-reactive ketones (excluding diaryl/α,β-unsaturated/α-hetero) is 2. The minimum Gasteiger partial charge on any atom is -0.399 e. The van der Waals surface area contributed by atoms with Gasteiger partial charge >= 0.3 is 0 Å². The van der Waals surface area contributed by atoms with Gasteiger partial charge in [-0.25, -0.2) is 0 Å². The first-order chi connectivity index (χ1) is 13.2. The van der Waals surface area contributed by atoms with E-state index in [-0.39, 0.29) is 17.3 Å². The number of rotatable bonds is 3. The highest BCUT2D eigenvalue weighted by Gasteiger charge is 2.09. The summed E-state index contributed by atoms with van der Waals surface area (Å²) in [5.41, 5.74) is 9.11. The van der Waals surface area contributed by atoms with Gasteiger partial charge in [0.1, 0.15) is 0 Å². The Bertz CT molecular complexity index is 1210. The number of fused-ring (bicyclic) bond motifs is 2. The third-order valence-electron chi connectivity index (χ3n) is 4.22. The van der Waals surface area contributed by atoms with E-state index in [0.29, 0.717) is 22.5 Å². The molecule has 28 heavy (non-hydrogen) atoms. The smallest absolute Gasteiger partial charge is 0.270 e. The van der Waals surface area contributed by atoms with Gasteiger partial charge in [-0.3, -0.25) is 19.7 Å². The molecule has 0 aliphatic rings. The summed E-state index contributed by atoms with van der Waals surface area (Å²) in [4.78, 5) is 38.1. The molecule has 0 aliphatic carbocycles. The zero-order chi connectivity index (χ0) is 20.4. The monoisotopic (exact) mass is 378 g/mol. The Morgan fingerprint density at radius 3 is 1.86 bits per heavy atom. The van der Waals surface area contributed by atoms with Crippen LogP contribution in [0.4, 0.5) is 11.4 Å². The van der Waals surface area contributed by atoms with Crippen LogP contribution in [0, 0.1) is 10.1 Å². The molecule has 4 rings (SSSR count). The van der Waals surface area contributed by atoms with E-state index >= 15 is 0 Å². The molecule has 0 unspecified atom stereocenters. The Labute approximate surface area is 159 Å². The average Bonchev–Trinajstić information content (AvgIpc) is 3.25. The second-order valence-electron chi connectivity index (χ2n) is 6.35. The molecule has 8 nitrogen and oxygen atoms in total. The highest BCUT2D eigenvalue weighted by Crippen LogP contribution is 2.21. The van der Waals surface area contributed by atoms with Gasteiger partial charge in [-0.1, -0.05) is 0 Å². The number of nitrogens with zero attached hydrogens (tertiary/aromatic N) is 1. The van der Waals surface area contributed by atoms with Crippen LogP contribution < -0.4 is 5.73 Å². The molecule has 0 aliphatic heterocycles. The number of aromatic amines is 2. The van der Waals surface area contributed by atoms with Crippen molar-refractivity contribution in [2.75, 3.05) is 5.73 Å². The maximum absolute atomic E-state index is 11.1. The van der Waals surface area contributed by atoms with Crippen molar-refractivity contribution in [3.8, 4) is 0 Å². The van der Waals surface area contributed by atoms with E-state index in [1.165, 1.54) is 26.0 Å². The summed E-state index contributed by atoms with van der Waals surface area (Å²) in [7, 11) is 0. The number of benzene rings is 2. The maximum atomic E-state index is 11.1. The standard InChI is InChI=1S/C10H8N2O3.C10H10N2O/c1-6(13)10-5-7-4-8(12(14)15)2-3-9(7)11-10;1-6(13)10-5-7-4-8(11)2-3-9(7)12-10/h2-5,11H,1H3;2-5,12H,11H2,1H3. The van der Waals surface area contributed by atoms with E-state index in [4.69, 9.17) is 5.73 Å². The number of H-pyrrole nitrogens is 2. The van der Waals surface area contributed by atoms with Gasteiger partial charge in [0.25, 0.3) is 5.69 Å². The molecule has 0 saturated heterocycles. The summed E-state index contributed by atoms with van der Waals surface area (Å²) in [5.74, 6) is -0.0522. The van der Waals surface area contributed by atoms with Crippen LogP contribution in [0.5, 0.6) is 0 Å². The van der Waals surface area contributed by atoms with E-state index in [1.54, 1.807) is 12.1 Å². The van der Waals surface area contributed by atoms with Crippen LogP contribution in [0.15, 0.2) is 48.5 Å². The van der Waals surface area contributed by atoms with E-state index in [2.05, 4.69) is 9.97 Å². The van der Waals surface area contributed by atoms with Gasteiger partial charge in [0.05, 0.1) is 16.3 Å². The lowest BCUT2D eigenvalue weighted by molar-refractivity contribution is -0.384. The number of nitro groups is 1. The van der Waals surface area contributed by atoms with Gasteiger partial charge < -0.3 is 15.7 Å². The Morgan fingerprint density at radius 1 is 0.857 bits per heavy atom. The van der Waals surface area contributed by atoms with Gasteiger partial charge in [0.2, 0.25) is 0 Å². The number of aromatic nitrogens is 2. The summed E-state index contributed by atoms with van der Waals surface area (Å²) < 4.78 is 0. The van der Waals surface area contributed by atoms with E-state index in [1.807, 2.05) is 24.3 Å². The zero-order valence-electron chi connectivity index (χ0n) is 15.3. The van der Waals surface area contributed by atoms with Crippen molar-refractivity contribution < 1.29 is 14.5 Å². The van der Waals surface area contributed by atoms with E-state index < -0.39 is 4.92 Å². The molecule has 4 N–H and O–H groups in total. The number of hydrogen-bond donors (Lipinski definition) is 3. The molecule has 8 heteroatoms. The summed E-state index contributed by atoms with van der Waals surface area (Å²) in [6.07, 6.45) is 0. The van der Waals surface area contributed by atoms with Crippen LogP contribution >= 0.6 is 0 Å². The first-order valence-electron chi connectivity index (χ1n) is 8.42. The summed E-state index contributed by atoms with van der Waals surface area (Å²) >= 11 is 0. The molecule has 0 fully saturated rings. The van der Waals surface area contributed by atoms with Crippen LogP contribution in [0.1, 0.15) is 34.8 Å². The van der Waals surface area contributed by atoms with Crippen molar-refractivity contribution in [1.29, 1.82) is 0 Å². The fourth-order valence-electron chi connectivity index (χ4n) is 2.76. The number of ketones is 2. The quantitative estimate of drug-likeness (QED) is 0.212. The normalized spacial score (nSPS) is 10.5. The van der Waals surface area contributed by atoms with Crippen molar-refractivity contribution in [3.63, 3.8) is 0 Å². The van der Waals surface area contributed by atoms with Crippen LogP contribution in [0.3, 0.4) is 0 Å². The lowest BCUT2D eigenvalue weighted by Crippen LogP contribution is -1.89. The number of hydrogen-bond acceptors (Lipinski definition) is 5. The second-order valence-corrected chi connectivity index (χ2v) is 6.35. The Balaban J connectivity index is 0.000000162. The number of nitrogens with one attached hydrogen (secondary N) is 2. The van der Waals surface area contributed by atoms with Crippen LogP contribution in [-0.4, -0.2) is 26.5 Å². The van der Waals surface area contributed by atoms with E-state index in [9.17, 15) is 19.7 Å². The Morgan fingerprint density at radius 2 is 1.36 bits per heavy atom. The largest absolute Gasteiger partial charge is 0.399 e. The predicted octanol–water partition coefficient (Wildman–Crippen LogP) is 4.23. The molecule has 4 aromatic rings. The van der Waals surface area contributed by atoms with Crippen molar-refractivity contribution in [2.24, 2.45) is 0 Å². The average molecular weight is 378 g/mol. The van der Waals surface area contributed by atoms with Gasteiger partial charge in [-0.15, -0.1) is 0 Å². The topological polar surface area (TPSA) is 135 Å². The molecule has 2 heterocycles. The maximum Gasteiger partial charge on any atom is 0.270 e. The number of nitrogens with two attached hydrogens (primary N) is 1. The summed E-state index contributed by atoms with van der Waals surface area (Å²) in [6.45, 7) is 2.98. The summed E-state index contributed by atoms with van der Waals surface area (Å²) in [6, 6.07) is 13.4. The Hall–Kier alpha value is -3.94. The first-order valence-corrected chi connectivity index (χ1v) is 8.42. The van der Waals surface area contributed by atoms with Crippen LogP contribution in [0.2, 0.25) is 0 Å². The molecule has 142 valence electrons. The molecule has 0 amide bonds. The fraction of sp³-hybridized carbons (Fsp3) is 0.100. The number of carbonyl (C=O) groups excluding carboxylic acids is 2. The highest BCUT2D eigenvalue weighted by atomic mass is 16.6. The molecule has 0 atom stereocenters. The molecule has 0 spiro atoms. The summed E-state index contributed by atoms with van der Waals surface area (Å²) in [5, 5.41) is 12.2.